The lowest BCUT2D eigenvalue weighted by Crippen LogP contribution is -2.22. The lowest BCUT2D eigenvalue weighted by molar-refractivity contribution is 0.0698. The number of fused-ring (bicyclic) bond motifs is 1. The average Bonchev–Trinajstić information content (AvgIpc) is 2.68. The summed E-state index contributed by atoms with van der Waals surface area (Å²) in [5, 5.41) is 9.05. The fourth-order valence-electron chi connectivity index (χ4n) is 2.86. The van der Waals surface area contributed by atoms with Crippen LogP contribution in [0.3, 0.4) is 0 Å². The van der Waals surface area contributed by atoms with E-state index in [-0.39, 0.29) is 5.56 Å². The highest BCUT2D eigenvalue weighted by Gasteiger charge is 2.16. The van der Waals surface area contributed by atoms with Crippen molar-refractivity contribution in [3.05, 3.63) is 59.2 Å². The van der Waals surface area contributed by atoms with Gasteiger partial charge in [0.05, 0.1) is 5.56 Å². The van der Waals surface area contributed by atoms with Crippen LogP contribution in [-0.4, -0.2) is 17.6 Å². The minimum atomic E-state index is -0.986. The number of hydrogen-bond acceptors (Lipinski definition) is 3. The summed E-state index contributed by atoms with van der Waals surface area (Å²) in [6, 6.07) is 13.7. The number of carboxylic acid groups (broad SMARTS) is 1. The van der Waals surface area contributed by atoms with Gasteiger partial charge in [-0.2, -0.15) is 0 Å². The number of nitrogen functional groups attached to an aromatic ring is 1. The van der Waals surface area contributed by atoms with Gasteiger partial charge in [0.2, 0.25) is 0 Å². The van der Waals surface area contributed by atoms with Gasteiger partial charge in [0, 0.05) is 24.5 Å². The predicted molar refractivity (Wildman–Crippen MR) is 83.6 cm³/mol. The summed E-state index contributed by atoms with van der Waals surface area (Å²) in [7, 11) is 0. The van der Waals surface area contributed by atoms with Crippen LogP contribution in [0.4, 0.5) is 11.4 Å². The highest BCUT2D eigenvalue weighted by molar-refractivity contribution is 5.94. The second-order valence-corrected chi connectivity index (χ2v) is 5.37. The van der Waals surface area contributed by atoms with Gasteiger partial charge in [-0.3, -0.25) is 0 Å². The van der Waals surface area contributed by atoms with E-state index in [1.807, 2.05) is 6.07 Å². The Hall–Kier alpha value is -2.49. The summed E-state index contributed by atoms with van der Waals surface area (Å²) in [6.45, 7) is 1.78. The first kappa shape index (κ1) is 13.5. The topological polar surface area (TPSA) is 66.6 Å². The van der Waals surface area contributed by atoms with Gasteiger partial charge in [-0.15, -0.1) is 0 Å². The molecule has 0 saturated heterocycles. The number of anilines is 2. The maximum atomic E-state index is 11.0. The fraction of sp³-hybridized carbons (Fsp3) is 0.235. The molecule has 1 heterocycles. The molecule has 0 unspecified atom stereocenters. The van der Waals surface area contributed by atoms with Crippen LogP contribution in [-0.2, 0) is 13.0 Å². The quantitative estimate of drug-likeness (QED) is 0.831. The number of nitrogens with two attached hydrogens (primary N) is 1. The van der Waals surface area contributed by atoms with Crippen LogP contribution in [0.2, 0.25) is 0 Å². The Kier molecular flexibility index (Phi) is 3.52. The number of nitrogens with zero attached hydrogens (tertiary/aromatic N) is 1. The molecule has 1 aliphatic heterocycles. The summed E-state index contributed by atoms with van der Waals surface area (Å²) in [6.07, 6.45) is 2.16. The Balaban J connectivity index is 1.91. The van der Waals surface area contributed by atoms with Crippen LogP contribution in [0.1, 0.15) is 27.9 Å². The zero-order valence-electron chi connectivity index (χ0n) is 11.7. The molecule has 2 aromatic carbocycles. The van der Waals surface area contributed by atoms with E-state index in [0.29, 0.717) is 5.69 Å². The summed E-state index contributed by atoms with van der Waals surface area (Å²) < 4.78 is 0. The Morgan fingerprint density at radius 1 is 1.14 bits per heavy atom. The molecule has 0 atom stereocenters. The summed E-state index contributed by atoms with van der Waals surface area (Å²) in [5.41, 5.74) is 10.0. The molecule has 0 spiro atoms. The Bertz CT molecular complexity index is 682. The Labute approximate surface area is 123 Å². The molecule has 0 fully saturated rings. The third kappa shape index (κ3) is 2.70. The van der Waals surface area contributed by atoms with E-state index in [1.54, 1.807) is 12.1 Å². The highest BCUT2D eigenvalue weighted by Crippen LogP contribution is 2.26. The number of benzene rings is 2. The summed E-state index contributed by atoms with van der Waals surface area (Å²) in [5.74, 6) is -0.986. The molecular weight excluding hydrogens is 264 g/mol. The molecular formula is C17H18N2O2. The summed E-state index contributed by atoms with van der Waals surface area (Å²) >= 11 is 0. The maximum absolute atomic E-state index is 11.0. The van der Waals surface area contributed by atoms with Crippen molar-refractivity contribution in [3.63, 3.8) is 0 Å². The maximum Gasteiger partial charge on any atom is 0.337 e. The van der Waals surface area contributed by atoms with Crippen LogP contribution in [0.15, 0.2) is 42.5 Å². The standard InChI is InChI=1S/C17H18N2O2/c18-16-10-14(7-8-15(16)17(20)21)19-9-3-6-12-4-1-2-5-13(12)11-19/h1-2,4-5,7-8,10H,3,6,9,11,18H2,(H,20,21). The van der Waals surface area contributed by atoms with Gasteiger partial charge in [-0.25, -0.2) is 4.79 Å². The zero-order valence-corrected chi connectivity index (χ0v) is 11.7. The van der Waals surface area contributed by atoms with Crippen molar-refractivity contribution in [2.45, 2.75) is 19.4 Å². The Morgan fingerprint density at radius 2 is 1.90 bits per heavy atom. The van der Waals surface area contributed by atoms with Gasteiger partial charge in [0.1, 0.15) is 0 Å². The van der Waals surface area contributed by atoms with Gasteiger partial charge in [-0.1, -0.05) is 24.3 Å². The Morgan fingerprint density at radius 3 is 2.62 bits per heavy atom. The van der Waals surface area contributed by atoms with Crippen molar-refractivity contribution in [1.82, 2.24) is 0 Å². The lowest BCUT2D eigenvalue weighted by atomic mass is 10.0. The number of carboxylic acids is 1. The molecule has 0 bridgehead atoms. The second-order valence-electron chi connectivity index (χ2n) is 5.37. The first-order valence-corrected chi connectivity index (χ1v) is 7.09. The number of aryl methyl sites for hydroxylation is 1. The number of carbonyl (C=O) groups is 1. The molecule has 108 valence electrons. The third-order valence-corrected chi connectivity index (χ3v) is 3.98. The minimum Gasteiger partial charge on any atom is -0.478 e. The van der Waals surface area contributed by atoms with Crippen molar-refractivity contribution < 1.29 is 9.90 Å². The second kappa shape index (κ2) is 5.48. The first-order chi connectivity index (χ1) is 10.1. The summed E-state index contributed by atoms with van der Waals surface area (Å²) in [4.78, 5) is 13.3. The van der Waals surface area contributed by atoms with E-state index < -0.39 is 5.97 Å². The average molecular weight is 282 g/mol. The van der Waals surface area contributed by atoms with Gasteiger partial charge in [-0.05, 0) is 42.2 Å². The third-order valence-electron chi connectivity index (χ3n) is 3.98. The zero-order chi connectivity index (χ0) is 14.8. The molecule has 1 aliphatic rings. The molecule has 4 heteroatoms. The minimum absolute atomic E-state index is 0.161. The van der Waals surface area contributed by atoms with E-state index >= 15 is 0 Å². The van der Waals surface area contributed by atoms with Gasteiger partial charge in [0.25, 0.3) is 0 Å². The molecule has 2 aromatic rings. The molecule has 0 amide bonds. The van der Waals surface area contributed by atoms with E-state index in [0.717, 1.165) is 31.6 Å². The predicted octanol–water partition coefficient (Wildman–Crippen LogP) is 2.92. The molecule has 0 saturated carbocycles. The first-order valence-electron chi connectivity index (χ1n) is 7.09. The number of aromatic carboxylic acids is 1. The fourth-order valence-corrected chi connectivity index (χ4v) is 2.86. The van der Waals surface area contributed by atoms with E-state index in [2.05, 4.69) is 29.2 Å². The van der Waals surface area contributed by atoms with Gasteiger partial charge >= 0.3 is 5.97 Å². The number of rotatable bonds is 2. The van der Waals surface area contributed by atoms with E-state index in [1.165, 1.54) is 11.1 Å². The van der Waals surface area contributed by atoms with Gasteiger partial charge < -0.3 is 15.7 Å². The van der Waals surface area contributed by atoms with Crippen molar-refractivity contribution in [1.29, 1.82) is 0 Å². The van der Waals surface area contributed by atoms with Crippen LogP contribution < -0.4 is 10.6 Å². The van der Waals surface area contributed by atoms with Crippen LogP contribution in [0.25, 0.3) is 0 Å². The highest BCUT2D eigenvalue weighted by atomic mass is 16.4. The number of hydrogen-bond donors (Lipinski definition) is 2. The normalized spacial score (nSPS) is 14.4. The molecule has 3 N–H and O–H groups in total. The van der Waals surface area contributed by atoms with Crippen molar-refractivity contribution >= 4 is 17.3 Å². The molecule has 0 radical (unpaired) electrons. The van der Waals surface area contributed by atoms with Crippen molar-refractivity contribution in [3.8, 4) is 0 Å². The van der Waals surface area contributed by atoms with Gasteiger partial charge in [0.15, 0.2) is 0 Å². The molecule has 0 aromatic heterocycles. The van der Waals surface area contributed by atoms with Crippen LogP contribution >= 0.6 is 0 Å². The van der Waals surface area contributed by atoms with Crippen molar-refractivity contribution in [2.75, 3.05) is 17.2 Å². The monoisotopic (exact) mass is 282 g/mol. The largest absolute Gasteiger partial charge is 0.478 e. The van der Waals surface area contributed by atoms with Crippen LogP contribution in [0, 0.1) is 0 Å². The van der Waals surface area contributed by atoms with E-state index in [4.69, 9.17) is 10.8 Å². The lowest BCUT2D eigenvalue weighted by Gasteiger charge is -2.24. The van der Waals surface area contributed by atoms with Crippen LogP contribution in [0.5, 0.6) is 0 Å². The van der Waals surface area contributed by atoms with Crippen molar-refractivity contribution in [2.24, 2.45) is 0 Å². The smallest absolute Gasteiger partial charge is 0.337 e. The molecule has 21 heavy (non-hydrogen) atoms. The molecule has 4 nitrogen and oxygen atoms in total. The van der Waals surface area contributed by atoms with E-state index in [9.17, 15) is 4.79 Å². The molecule has 0 aliphatic carbocycles. The SMILES string of the molecule is Nc1cc(N2CCCc3ccccc3C2)ccc1C(=O)O. The molecule has 3 rings (SSSR count).